The summed E-state index contributed by atoms with van der Waals surface area (Å²) in [7, 11) is 0. The number of halogens is 1. The zero-order chi connectivity index (χ0) is 9.14. The van der Waals surface area contributed by atoms with E-state index in [0.29, 0.717) is 0 Å². The molecule has 1 heteroatoms. The van der Waals surface area contributed by atoms with Crippen LogP contribution in [0.5, 0.6) is 0 Å². The van der Waals surface area contributed by atoms with Crippen LogP contribution in [0.2, 0.25) is 0 Å². The molecular weight excluding hydrogens is 212 g/mol. The van der Waals surface area contributed by atoms with Crippen molar-refractivity contribution in [2.24, 2.45) is 0 Å². The summed E-state index contributed by atoms with van der Waals surface area (Å²) in [5.41, 5.74) is 3.96. The fraction of sp³-hybridized carbons (Fsp3) is 0.273. The first-order chi connectivity index (χ1) is 5.66. The van der Waals surface area contributed by atoms with Crippen molar-refractivity contribution in [2.75, 3.05) is 0 Å². The SMILES string of the molecule is C/C=C(/Br)c1c(C)cccc1C. The number of allylic oxidation sites excluding steroid dienone is 1. The Morgan fingerprint density at radius 2 is 1.75 bits per heavy atom. The molecule has 1 aromatic carbocycles. The van der Waals surface area contributed by atoms with Crippen LogP contribution in [0.25, 0.3) is 4.48 Å². The molecule has 0 amide bonds. The molecule has 1 rings (SSSR count). The Bertz CT molecular complexity index is 291. The summed E-state index contributed by atoms with van der Waals surface area (Å²) in [4.78, 5) is 0. The maximum atomic E-state index is 3.55. The molecule has 12 heavy (non-hydrogen) atoms. The molecule has 0 aliphatic rings. The van der Waals surface area contributed by atoms with Gasteiger partial charge in [0.25, 0.3) is 0 Å². The zero-order valence-electron chi connectivity index (χ0n) is 7.69. The highest BCUT2D eigenvalue weighted by Crippen LogP contribution is 2.27. The van der Waals surface area contributed by atoms with Crippen molar-refractivity contribution in [3.8, 4) is 0 Å². The van der Waals surface area contributed by atoms with Gasteiger partial charge in [-0.2, -0.15) is 0 Å². The first-order valence-electron chi connectivity index (χ1n) is 4.05. The van der Waals surface area contributed by atoms with Gasteiger partial charge in [0.15, 0.2) is 0 Å². The maximum Gasteiger partial charge on any atom is 0.0210 e. The average Bonchev–Trinajstić information content (AvgIpc) is 2.03. The smallest absolute Gasteiger partial charge is 0.0210 e. The third-order valence-corrected chi connectivity index (χ3v) is 2.83. The molecule has 1 aromatic rings. The van der Waals surface area contributed by atoms with Gasteiger partial charge in [-0.25, -0.2) is 0 Å². The molecule has 0 nitrogen and oxygen atoms in total. The monoisotopic (exact) mass is 224 g/mol. The lowest BCUT2D eigenvalue weighted by Crippen LogP contribution is -1.87. The van der Waals surface area contributed by atoms with E-state index < -0.39 is 0 Å². The van der Waals surface area contributed by atoms with Crippen LogP contribution in [0, 0.1) is 13.8 Å². The van der Waals surface area contributed by atoms with Crippen molar-refractivity contribution in [3.05, 3.63) is 41.0 Å². The Balaban J connectivity index is 3.31. The van der Waals surface area contributed by atoms with E-state index in [1.807, 2.05) is 6.92 Å². The van der Waals surface area contributed by atoms with E-state index in [1.165, 1.54) is 21.2 Å². The summed E-state index contributed by atoms with van der Waals surface area (Å²) in [6.45, 7) is 6.30. The Morgan fingerprint density at radius 3 is 2.17 bits per heavy atom. The first-order valence-corrected chi connectivity index (χ1v) is 4.84. The molecule has 0 atom stereocenters. The predicted molar refractivity (Wildman–Crippen MR) is 58.5 cm³/mol. The van der Waals surface area contributed by atoms with Crippen molar-refractivity contribution in [3.63, 3.8) is 0 Å². The van der Waals surface area contributed by atoms with Gasteiger partial charge in [-0.15, -0.1) is 0 Å². The summed E-state index contributed by atoms with van der Waals surface area (Å²) < 4.78 is 1.18. The molecule has 0 fully saturated rings. The van der Waals surface area contributed by atoms with Crippen LogP contribution < -0.4 is 0 Å². The number of rotatable bonds is 1. The van der Waals surface area contributed by atoms with Gasteiger partial charge in [-0.1, -0.05) is 40.2 Å². The van der Waals surface area contributed by atoms with E-state index in [0.717, 1.165) is 0 Å². The molecule has 0 bridgehead atoms. The van der Waals surface area contributed by atoms with Gasteiger partial charge in [0, 0.05) is 4.48 Å². The second-order valence-electron chi connectivity index (χ2n) is 2.90. The molecule has 0 saturated carbocycles. The van der Waals surface area contributed by atoms with Crippen LogP contribution in [0.1, 0.15) is 23.6 Å². The molecular formula is C11H13Br. The lowest BCUT2D eigenvalue weighted by molar-refractivity contribution is 1.35. The van der Waals surface area contributed by atoms with E-state index in [-0.39, 0.29) is 0 Å². The van der Waals surface area contributed by atoms with Crippen LogP contribution in [-0.2, 0) is 0 Å². The molecule has 0 aliphatic heterocycles. The van der Waals surface area contributed by atoms with E-state index in [4.69, 9.17) is 0 Å². The third-order valence-electron chi connectivity index (χ3n) is 1.97. The number of aryl methyl sites for hydroxylation is 2. The van der Waals surface area contributed by atoms with Gasteiger partial charge < -0.3 is 0 Å². The third kappa shape index (κ3) is 1.78. The lowest BCUT2D eigenvalue weighted by atomic mass is 10.0. The highest BCUT2D eigenvalue weighted by Gasteiger charge is 2.03. The molecule has 0 N–H and O–H groups in total. The number of hydrogen-bond donors (Lipinski definition) is 0. The molecule has 0 heterocycles. The standard InChI is InChI=1S/C11H13Br/c1-4-10(12)11-8(2)6-5-7-9(11)3/h4-7H,1-3H3/b10-4+. The second kappa shape index (κ2) is 3.90. The van der Waals surface area contributed by atoms with Crippen molar-refractivity contribution >= 4 is 20.4 Å². The van der Waals surface area contributed by atoms with E-state index in [2.05, 4.69) is 54.1 Å². The summed E-state index contributed by atoms with van der Waals surface area (Å²) >= 11 is 3.55. The highest BCUT2D eigenvalue weighted by molar-refractivity contribution is 9.15. The molecule has 0 radical (unpaired) electrons. The topological polar surface area (TPSA) is 0 Å². The van der Waals surface area contributed by atoms with Gasteiger partial charge >= 0.3 is 0 Å². The second-order valence-corrected chi connectivity index (χ2v) is 3.76. The molecule has 0 spiro atoms. The summed E-state index contributed by atoms with van der Waals surface area (Å²) in [6.07, 6.45) is 2.08. The Labute approximate surface area is 82.4 Å². The fourth-order valence-corrected chi connectivity index (χ4v) is 1.96. The Kier molecular flexibility index (Phi) is 3.10. The van der Waals surface area contributed by atoms with Crippen LogP contribution in [-0.4, -0.2) is 0 Å². The summed E-state index contributed by atoms with van der Waals surface area (Å²) in [5.74, 6) is 0. The quantitative estimate of drug-likeness (QED) is 0.676. The van der Waals surface area contributed by atoms with E-state index in [9.17, 15) is 0 Å². The van der Waals surface area contributed by atoms with Crippen LogP contribution in [0.3, 0.4) is 0 Å². The highest BCUT2D eigenvalue weighted by atomic mass is 79.9. The molecule has 0 aromatic heterocycles. The number of benzene rings is 1. The summed E-state index contributed by atoms with van der Waals surface area (Å²) in [6, 6.07) is 6.35. The van der Waals surface area contributed by atoms with Crippen molar-refractivity contribution in [1.29, 1.82) is 0 Å². The van der Waals surface area contributed by atoms with E-state index >= 15 is 0 Å². The molecule has 64 valence electrons. The largest absolute Gasteiger partial charge is 0.0728 e. The molecule has 0 unspecified atom stereocenters. The molecule has 0 saturated heterocycles. The van der Waals surface area contributed by atoms with Crippen LogP contribution in [0.15, 0.2) is 24.3 Å². The van der Waals surface area contributed by atoms with Gasteiger partial charge in [-0.3, -0.25) is 0 Å². The lowest BCUT2D eigenvalue weighted by Gasteiger charge is -2.07. The van der Waals surface area contributed by atoms with Crippen molar-refractivity contribution in [2.45, 2.75) is 20.8 Å². The van der Waals surface area contributed by atoms with Gasteiger partial charge in [-0.05, 0) is 37.5 Å². The first kappa shape index (κ1) is 9.53. The van der Waals surface area contributed by atoms with Crippen LogP contribution in [0.4, 0.5) is 0 Å². The summed E-state index contributed by atoms with van der Waals surface area (Å²) in [5, 5.41) is 0. The van der Waals surface area contributed by atoms with Crippen molar-refractivity contribution in [1.82, 2.24) is 0 Å². The van der Waals surface area contributed by atoms with Gasteiger partial charge in [0.2, 0.25) is 0 Å². The van der Waals surface area contributed by atoms with Crippen LogP contribution >= 0.6 is 15.9 Å². The minimum absolute atomic E-state index is 1.18. The number of hydrogen-bond acceptors (Lipinski definition) is 0. The minimum Gasteiger partial charge on any atom is -0.0728 e. The predicted octanol–water partition coefficient (Wildman–Crippen LogP) is 4.06. The average molecular weight is 225 g/mol. The van der Waals surface area contributed by atoms with Crippen molar-refractivity contribution < 1.29 is 0 Å². The normalized spacial score (nSPS) is 11.8. The fourth-order valence-electron chi connectivity index (χ4n) is 1.34. The maximum absolute atomic E-state index is 3.55. The minimum atomic E-state index is 1.18. The zero-order valence-corrected chi connectivity index (χ0v) is 9.27. The van der Waals surface area contributed by atoms with Gasteiger partial charge in [0.1, 0.15) is 0 Å². The molecule has 0 aliphatic carbocycles. The van der Waals surface area contributed by atoms with E-state index in [1.54, 1.807) is 0 Å². The Morgan fingerprint density at radius 1 is 1.25 bits per heavy atom. The Hall–Kier alpha value is -0.560. The van der Waals surface area contributed by atoms with Gasteiger partial charge in [0.05, 0.1) is 0 Å².